The number of aliphatic hydroxyl groups is 1. The number of nitrogens with one attached hydrogen (secondary N) is 2. The highest BCUT2D eigenvalue weighted by Crippen LogP contribution is 2.28. The molecule has 0 aliphatic carbocycles. The van der Waals surface area contributed by atoms with Gasteiger partial charge >= 0.3 is 0 Å². The summed E-state index contributed by atoms with van der Waals surface area (Å²) in [4.78, 5) is 37.9. The van der Waals surface area contributed by atoms with Crippen LogP contribution < -0.4 is 16.4 Å². The number of H-pyrrole nitrogens is 1. The Morgan fingerprint density at radius 2 is 1.91 bits per heavy atom. The van der Waals surface area contributed by atoms with Gasteiger partial charge in [-0.1, -0.05) is 29.8 Å². The zero-order chi connectivity index (χ0) is 22.8. The number of carbonyl (C=O) groups excluding carboxylic acids is 1. The van der Waals surface area contributed by atoms with Crippen molar-refractivity contribution in [1.29, 1.82) is 0 Å². The summed E-state index contributed by atoms with van der Waals surface area (Å²) >= 11 is 6.19. The molecule has 4 aromatic rings. The number of aliphatic hydroxyl groups excluding tert-OH is 1. The summed E-state index contributed by atoms with van der Waals surface area (Å²) in [5.41, 5.74) is 1.81. The van der Waals surface area contributed by atoms with Crippen LogP contribution in [-0.4, -0.2) is 32.0 Å². The first kappa shape index (κ1) is 21.6. The van der Waals surface area contributed by atoms with Gasteiger partial charge in [0.1, 0.15) is 0 Å². The van der Waals surface area contributed by atoms with Crippen LogP contribution in [0, 0.1) is 0 Å². The molecule has 164 valence electrons. The molecule has 0 aliphatic heterocycles. The molecule has 0 unspecified atom stereocenters. The number of anilines is 1. The Bertz CT molecular complexity index is 1430. The minimum absolute atomic E-state index is 0.0905. The van der Waals surface area contributed by atoms with E-state index >= 15 is 0 Å². The molecule has 32 heavy (non-hydrogen) atoms. The maximum absolute atomic E-state index is 13.5. The SMILES string of the molecule is CC(=O)Nc1cccc(-n2[nH]c3cc(=O)n(CCCO)c(-c4cccc(Cl)c4)c3c2=O)c1. The van der Waals surface area contributed by atoms with E-state index in [1.165, 1.54) is 22.2 Å². The van der Waals surface area contributed by atoms with E-state index in [0.717, 1.165) is 0 Å². The highest BCUT2D eigenvalue weighted by atomic mass is 35.5. The lowest BCUT2D eigenvalue weighted by atomic mass is 10.1. The molecule has 0 radical (unpaired) electrons. The first-order valence-electron chi connectivity index (χ1n) is 10.0. The van der Waals surface area contributed by atoms with Gasteiger partial charge in [-0.25, -0.2) is 4.68 Å². The number of aromatic nitrogens is 3. The van der Waals surface area contributed by atoms with E-state index in [0.29, 0.717) is 45.0 Å². The fourth-order valence-corrected chi connectivity index (χ4v) is 3.92. The first-order valence-corrected chi connectivity index (χ1v) is 10.4. The molecule has 0 spiro atoms. The van der Waals surface area contributed by atoms with E-state index in [-0.39, 0.29) is 30.2 Å². The highest BCUT2D eigenvalue weighted by Gasteiger charge is 2.19. The topological polar surface area (TPSA) is 109 Å². The number of fused-ring (bicyclic) bond motifs is 1. The van der Waals surface area contributed by atoms with Crippen LogP contribution in [0.15, 0.2) is 64.2 Å². The number of amides is 1. The van der Waals surface area contributed by atoms with Crippen LogP contribution in [0.2, 0.25) is 5.02 Å². The second-order valence-corrected chi connectivity index (χ2v) is 7.78. The number of hydrogen-bond donors (Lipinski definition) is 3. The van der Waals surface area contributed by atoms with Gasteiger partial charge in [0, 0.05) is 42.4 Å². The van der Waals surface area contributed by atoms with Gasteiger partial charge in [-0.15, -0.1) is 0 Å². The second-order valence-electron chi connectivity index (χ2n) is 7.34. The summed E-state index contributed by atoms with van der Waals surface area (Å²) in [7, 11) is 0. The first-order chi connectivity index (χ1) is 15.4. The quantitative estimate of drug-likeness (QED) is 0.417. The van der Waals surface area contributed by atoms with Crippen LogP contribution in [0.25, 0.3) is 27.8 Å². The van der Waals surface area contributed by atoms with E-state index in [2.05, 4.69) is 10.4 Å². The molecule has 4 rings (SSSR count). The van der Waals surface area contributed by atoms with Gasteiger partial charge in [0.05, 0.1) is 22.3 Å². The molecule has 0 bridgehead atoms. The summed E-state index contributed by atoms with van der Waals surface area (Å²) in [6.07, 6.45) is 0.357. The van der Waals surface area contributed by atoms with Crippen molar-refractivity contribution in [3.63, 3.8) is 0 Å². The molecule has 3 N–H and O–H groups in total. The van der Waals surface area contributed by atoms with E-state index in [1.54, 1.807) is 48.5 Å². The van der Waals surface area contributed by atoms with E-state index in [4.69, 9.17) is 11.6 Å². The zero-order valence-electron chi connectivity index (χ0n) is 17.3. The molecule has 9 heteroatoms. The van der Waals surface area contributed by atoms with Crippen molar-refractivity contribution in [2.45, 2.75) is 19.9 Å². The molecule has 0 saturated carbocycles. The second kappa shape index (κ2) is 8.86. The Hall–Kier alpha value is -3.62. The minimum Gasteiger partial charge on any atom is -0.396 e. The number of nitrogens with zero attached hydrogens (tertiary/aromatic N) is 2. The lowest BCUT2D eigenvalue weighted by Crippen LogP contribution is -2.23. The number of aromatic amines is 1. The van der Waals surface area contributed by atoms with Crippen LogP contribution in [0.3, 0.4) is 0 Å². The normalized spacial score (nSPS) is 11.1. The van der Waals surface area contributed by atoms with Gasteiger partial charge in [0.25, 0.3) is 11.1 Å². The average molecular weight is 453 g/mol. The number of halogens is 1. The van der Waals surface area contributed by atoms with Crippen molar-refractivity contribution in [3.05, 3.63) is 80.3 Å². The van der Waals surface area contributed by atoms with Crippen LogP contribution in [0.1, 0.15) is 13.3 Å². The van der Waals surface area contributed by atoms with Crippen molar-refractivity contribution in [2.75, 3.05) is 11.9 Å². The van der Waals surface area contributed by atoms with E-state index in [9.17, 15) is 19.5 Å². The Labute approximate surface area is 187 Å². The smallest absolute Gasteiger partial charge is 0.281 e. The lowest BCUT2D eigenvalue weighted by molar-refractivity contribution is -0.114. The van der Waals surface area contributed by atoms with E-state index < -0.39 is 0 Å². The molecular weight excluding hydrogens is 432 g/mol. The number of benzene rings is 2. The van der Waals surface area contributed by atoms with Gasteiger partial charge in [0.2, 0.25) is 5.91 Å². The molecule has 2 aromatic carbocycles. The van der Waals surface area contributed by atoms with Gasteiger partial charge in [0.15, 0.2) is 0 Å². The van der Waals surface area contributed by atoms with Gasteiger partial charge < -0.3 is 15.0 Å². The minimum atomic E-state index is -0.354. The Balaban J connectivity index is 2.00. The van der Waals surface area contributed by atoms with Crippen LogP contribution in [0.4, 0.5) is 5.69 Å². The molecule has 1 amide bonds. The molecule has 8 nitrogen and oxygen atoms in total. The van der Waals surface area contributed by atoms with Crippen LogP contribution in [-0.2, 0) is 11.3 Å². The van der Waals surface area contributed by atoms with Gasteiger partial charge in [-0.05, 0) is 36.8 Å². The maximum Gasteiger partial charge on any atom is 0.281 e. The molecular formula is C23H21ClN4O4. The molecule has 2 heterocycles. The number of carbonyl (C=O) groups is 1. The largest absolute Gasteiger partial charge is 0.396 e. The predicted octanol–water partition coefficient (Wildman–Crippen LogP) is 3.14. The fourth-order valence-electron chi connectivity index (χ4n) is 3.73. The third-order valence-corrected chi connectivity index (χ3v) is 5.26. The zero-order valence-corrected chi connectivity index (χ0v) is 18.0. The standard InChI is InChI=1S/C23H21ClN4O4/c1-14(30)25-17-7-3-8-18(12-17)28-23(32)21-19(26-28)13-20(31)27(9-4-10-29)22(21)15-5-2-6-16(24)11-15/h2-3,5-8,11-13,26,29H,4,9-10H2,1H3,(H,25,30). The summed E-state index contributed by atoms with van der Waals surface area (Å²) in [5, 5.41) is 15.8. The Morgan fingerprint density at radius 3 is 2.62 bits per heavy atom. The summed E-state index contributed by atoms with van der Waals surface area (Å²) in [6, 6.07) is 15.1. The van der Waals surface area contributed by atoms with Crippen molar-refractivity contribution in [3.8, 4) is 16.9 Å². The summed E-state index contributed by atoms with van der Waals surface area (Å²) in [5.74, 6) is -0.227. The third-order valence-electron chi connectivity index (χ3n) is 5.02. The van der Waals surface area contributed by atoms with Crippen molar-refractivity contribution < 1.29 is 9.90 Å². The summed E-state index contributed by atoms with van der Waals surface area (Å²) < 4.78 is 2.82. The van der Waals surface area contributed by atoms with Crippen molar-refractivity contribution in [1.82, 2.24) is 14.3 Å². The van der Waals surface area contributed by atoms with Crippen molar-refractivity contribution >= 4 is 34.1 Å². The summed E-state index contributed by atoms with van der Waals surface area (Å²) in [6.45, 7) is 1.56. The monoisotopic (exact) mass is 452 g/mol. The molecule has 0 atom stereocenters. The molecule has 0 saturated heterocycles. The number of rotatable bonds is 6. The Kier molecular flexibility index (Phi) is 5.98. The van der Waals surface area contributed by atoms with Crippen LogP contribution >= 0.6 is 11.6 Å². The lowest BCUT2D eigenvalue weighted by Gasteiger charge is -2.13. The van der Waals surface area contributed by atoms with Gasteiger partial charge in [-0.2, -0.15) is 0 Å². The Morgan fingerprint density at radius 1 is 1.12 bits per heavy atom. The average Bonchev–Trinajstić information content (AvgIpc) is 3.07. The molecule has 2 aromatic heterocycles. The third kappa shape index (κ3) is 4.10. The molecule has 0 aliphatic rings. The maximum atomic E-state index is 13.5. The fraction of sp³-hybridized carbons (Fsp3) is 0.174. The highest BCUT2D eigenvalue weighted by molar-refractivity contribution is 6.30. The van der Waals surface area contributed by atoms with Crippen LogP contribution in [0.5, 0.6) is 0 Å². The number of hydrogen-bond acceptors (Lipinski definition) is 4. The van der Waals surface area contributed by atoms with Crippen molar-refractivity contribution in [2.24, 2.45) is 0 Å². The predicted molar refractivity (Wildman–Crippen MR) is 125 cm³/mol. The number of pyridine rings is 1. The van der Waals surface area contributed by atoms with E-state index in [1.807, 2.05) is 0 Å². The molecule has 0 fully saturated rings. The van der Waals surface area contributed by atoms with Gasteiger partial charge in [-0.3, -0.25) is 19.5 Å².